The lowest BCUT2D eigenvalue weighted by Gasteiger charge is -2.39. The van der Waals surface area contributed by atoms with Crippen molar-refractivity contribution < 1.29 is 9.90 Å². The summed E-state index contributed by atoms with van der Waals surface area (Å²) in [6, 6.07) is 20.5. The molecule has 0 unspecified atom stereocenters. The van der Waals surface area contributed by atoms with Gasteiger partial charge in [0.1, 0.15) is 5.75 Å². The number of rotatable bonds is 6. The number of benzene rings is 4. The van der Waals surface area contributed by atoms with Gasteiger partial charge < -0.3 is 14.6 Å². The summed E-state index contributed by atoms with van der Waals surface area (Å²) in [5.41, 5.74) is 3.59. The number of fused-ring (bicyclic) bond motifs is 2. The number of amides is 1. The predicted octanol–water partition coefficient (Wildman–Crippen LogP) is 5.85. The van der Waals surface area contributed by atoms with Gasteiger partial charge in [-0.05, 0) is 71.1 Å². The maximum atomic E-state index is 14.0. The van der Waals surface area contributed by atoms with E-state index in [-0.39, 0.29) is 24.1 Å². The predicted molar refractivity (Wildman–Crippen MR) is 168 cm³/mol. The molecule has 8 heteroatoms. The average Bonchev–Trinajstić information content (AvgIpc) is 2.96. The zero-order valence-corrected chi connectivity index (χ0v) is 24.2. The molecular weight excluding hydrogens is 550 g/mol. The largest absolute Gasteiger partial charge is 0.508 e. The topological polar surface area (TPSA) is 84.5 Å². The Kier molecular flexibility index (Phi) is 6.99. The van der Waals surface area contributed by atoms with Crippen molar-refractivity contribution >= 4 is 39.3 Å². The molecule has 1 amide bonds. The van der Waals surface area contributed by atoms with Crippen LogP contribution in [0.2, 0.25) is 5.02 Å². The first-order valence-electron chi connectivity index (χ1n) is 13.9. The fourth-order valence-corrected chi connectivity index (χ4v) is 6.34. The van der Waals surface area contributed by atoms with Crippen LogP contribution in [0.5, 0.6) is 5.75 Å². The van der Waals surface area contributed by atoms with Gasteiger partial charge >= 0.3 is 11.1 Å². The van der Waals surface area contributed by atoms with E-state index in [4.69, 9.17) is 11.6 Å². The van der Waals surface area contributed by atoms with E-state index in [1.807, 2.05) is 62.4 Å². The normalized spacial score (nSPS) is 13.5. The molecule has 0 spiro atoms. The Hall–Kier alpha value is -4.62. The Morgan fingerprint density at radius 1 is 1.00 bits per heavy atom. The summed E-state index contributed by atoms with van der Waals surface area (Å²) in [6.45, 7) is 8.70. The first-order chi connectivity index (χ1) is 20.2. The zero-order valence-electron chi connectivity index (χ0n) is 23.4. The number of hydrogen-bond acceptors (Lipinski definition) is 4. The highest BCUT2D eigenvalue weighted by molar-refractivity contribution is 6.34. The lowest BCUT2D eigenvalue weighted by atomic mass is 9.96. The second kappa shape index (κ2) is 10.7. The Bertz CT molecular complexity index is 2040. The first-order valence-corrected chi connectivity index (χ1v) is 14.3. The highest BCUT2D eigenvalue weighted by Gasteiger charge is 2.31. The average molecular weight is 580 g/mol. The summed E-state index contributed by atoms with van der Waals surface area (Å²) in [4.78, 5) is 41.4. The summed E-state index contributed by atoms with van der Waals surface area (Å²) in [5.74, 6) is -0.0577. The lowest BCUT2D eigenvalue weighted by Crippen LogP contribution is -2.52. The van der Waals surface area contributed by atoms with E-state index in [0.29, 0.717) is 52.4 Å². The molecule has 42 heavy (non-hydrogen) atoms. The number of carbonyl (C=O) groups is 1. The van der Waals surface area contributed by atoms with Crippen LogP contribution >= 0.6 is 11.6 Å². The molecule has 1 aliphatic heterocycles. The van der Waals surface area contributed by atoms with Crippen LogP contribution in [0.1, 0.15) is 18.1 Å². The van der Waals surface area contributed by atoms with Gasteiger partial charge in [0, 0.05) is 31.1 Å². The van der Waals surface area contributed by atoms with Crippen LogP contribution in [0.15, 0.2) is 89.0 Å². The molecule has 0 radical (unpaired) electrons. The van der Waals surface area contributed by atoms with Gasteiger partial charge in [0.05, 0.1) is 21.7 Å². The summed E-state index contributed by atoms with van der Waals surface area (Å²) in [6.07, 6.45) is 1.94. The van der Waals surface area contributed by atoms with E-state index in [1.54, 1.807) is 23.1 Å². The molecule has 212 valence electrons. The van der Waals surface area contributed by atoms with Crippen molar-refractivity contribution in [3.05, 3.63) is 116 Å². The molecule has 5 aromatic rings. The van der Waals surface area contributed by atoms with Crippen LogP contribution in [0.3, 0.4) is 0 Å². The van der Waals surface area contributed by atoms with E-state index in [0.717, 1.165) is 21.9 Å². The fraction of sp³-hybridized carbons (Fsp3) is 0.206. The van der Waals surface area contributed by atoms with Gasteiger partial charge in [0.15, 0.2) is 0 Å². The maximum absolute atomic E-state index is 14.0. The van der Waals surface area contributed by atoms with Crippen molar-refractivity contribution in [2.24, 2.45) is 5.92 Å². The number of likely N-dealkylation sites (tertiary alicyclic amines) is 1. The number of halogens is 1. The number of aryl methyl sites for hydroxylation is 2. The standard InChI is InChI=1S/C34H30ClN3O4/c1-4-22-11-8-9-20(3)32(22)38-30-15-27(26-14-24(39)13-23-10-6-7-12-25(23)26)28(35)16-29(30)37(33(41)34(38)42)19-21-17-36(18-21)31(40)5-2/h5-16,21,39H,2,4,17-19H2,1,3H3. The minimum absolute atomic E-state index is 0.00294. The summed E-state index contributed by atoms with van der Waals surface area (Å²) < 4.78 is 3.01. The molecule has 7 nitrogen and oxygen atoms in total. The number of nitrogens with zero attached hydrogens (tertiary/aromatic N) is 3. The minimum atomic E-state index is -0.654. The molecule has 1 fully saturated rings. The van der Waals surface area contributed by atoms with Crippen molar-refractivity contribution in [2.75, 3.05) is 13.1 Å². The van der Waals surface area contributed by atoms with Gasteiger partial charge in [-0.25, -0.2) is 0 Å². The van der Waals surface area contributed by atoms with Crippen molar-refractivity contribution in [3.63, 3.8) is 0 Å². The number of para-hydroxylation sites is 1. The summed E-state index contributed by atoms with van der Waals surface area (Å²) in [7, 11) is 0. The molecule has 1 aliphatic rings. The Morgan fingerprint density at radius 2 is 1.76 bits per heavy atom. The quantitative estimate of drug-likeness (QED) is 0.202. The van der Waals surface area contributed by atoms with Crippen LogP contribution in [-0.2, 0) is 17.8 Å². The van der Waals surface area contributed by atoms with Gasteiger partial charge in [-0.3, -0.25) is 19.0 Å². The molecule has 1 aromatic heterocycles. The molecule has 1 N–H and O–H groups in total. The smallest absolute Gasteiger partial charge is 0.321 e. The third-order valence-electron chi connectivity index (χ3n) is 8.17. The monoisotopic (exact) mass is 579 g/mol. The number of carbonyl (C=O) groups excluding carboxylic acids is 1. The molecule has 0 aliphatic carbocycles. The second-order valence-corrected chi connectivity index (χ2v) is 11.2. The Labute approximate surface area is 247 Å². The number of hydrogen-bond donors (Lipinski definition) is 1. The van der Waals surface area contributed by atoms with E-state index < -0.39 is 11.1 Å². The molecule has 6 rings (SSSR count). The first kappa shape index (κ1) is 27.5. The van der Waals surface area contributed by atoms with Crippen molar-refractivity contribution in [1.29, 1.82) is 0 Å². The Morgan fingerprint density at radius 3 is 2.50 bits per heavy atom. The van der Waals surface area contributed by atoms with Gasteiger partial charge in [-0.15, -0.1) is 0 Å². The molecular formula is C34H30ClN3O4. The summed E-state index contributed by atoms with van der Waals surface area (Å²) >= 11 is 6.96. The molecule has 0 bridgehead atoms. The van der Waals surface area contributed by atoms with Crippen molar-refractivity contribution in [1.82, 2.24) is 14.0 Å². The summed E-state index contributed by atoms with van der Waals surface area (Å²) in [5, 5.41) is 12.7. The van der Waals surface area contributed by atoms with E-state index >= 15 is 0 Å². The molecule has 4 aromatic carbocycles. The maximum Gasteiger partial charge on any atom is 0.321 e. The van der Waals surface area contributed by atoms with E-state index in [1.165, 1.54) is 15.2 Å². The zero-order chi connectivity index (χ0) is 29.7. The van der Waals surface area contributed by atoms with Crippen molar-refractivity contribution in [2.45, 2.75) is 26.8 Å². The number of aromatic hydroxyl groups is 1. The van der Waals surface area contributed by atoms with Gasteiger partial charge in [-0.2, -0.15) is 0 Å². The van der Waals surface area contributed by atoms with Crippen LogP contribution in [0.25, 0.3) is 38.6 Å². The third-order valence-corrected chi connectivity index (χ3v) is 8.49. The number of phenolic OH excluding ortho intramolecular Hbond substituents is 1. The van der Waals surface area contributed by atoms with Crippen LogP contribution < -0.4 is 11.1 Å². The fourth-order valence-electron chi connectivity index (χ4n) is 6.08. The molecule has 0 atom stereocenters. The van der Waals surface area contributed by atoms with E-state index in [9.17, 15) is 19.5 Å². The van der Waals surface area contributed by atoms with Crippen LogP contribution in [0.4, 0.5) is 0 Å². The second-order valence-electron chi connectivity index (χ2n) is 10.8. The van der Waals surface area contributed by atoms with Gasteiger partial charge in [0.2, 0.25) is 5.91 Å². The van der Waals surface area contributed by atoms with Gasteiger partial charge in [-0.1, -0.05) is 67.6 Å². The highest BCUT2D eigenvalue weighted by Crippen LogP contribution is 2.39. The number of phenols is 1. The Balaban J connectivity index is 1.65. The molecule has 0 saturated carbocycles. The third kappa shape index (κ3) is 4.50. The lowest BCUT2D eigenvalue weighted by molar-refractivity contribution is -0.132. The molecule has 2 heterocycles. The van der Waals surface area contributed by atoms with Crippen LogP contribution in [0, 0.1) is 12.8 Å². The molecule has 1 saturated heterocycles. The van der Waals surface area contributed by atoms with Gasteiger partial charge in [0.25, 0.3) is 0 Å². The SMILES string of the molecule is C=CC(=O)N1CC(Cn2c(=O)c(=O)n(-c3c(C)cccc3CC)c3cc(-c4cc(O)cc5ccccc45)c(Cl)cc32)C1. The van der Waals surface area contributed by atoms with Crippen LogP contribution in [-0.4, -0.2) is 38.1 Å². The van der Waals surface area contributed by atoms with E-state index in [2.05, 4.69) is 6.58 Å². The minimum Gasteiger partial charge on any atom is -0.508 e. The number of aromatic nitrogens is 2. The van der Waals surface area contributed by atoms with Crippen molar-refractivity contribution in [3.8, 4) is 22.6 Å². The highest BCUT2D eigenvalue weighted by atomic mass is 35.5.